The number of benzene rings is 1. The molecule has 0 amide bonds. The van der Waals surface area contributed by atoms with Gasteiger partial charge in [0.15, 0.2) is 0 Å². The van der Waals surface area contributed by atoms with Crippen molar-refractivity contribution in [3.63, 3.8) is 0 Å². The van der Waals surface area contributed by atoms with Crippen molar-refractivity contribution in [2.75, 3.05) is 5.32 Å². The maximum Gasteiger partial charge on any atom is 0.208 e. The van der Waals surface area contributed by atoms with Crippen molar-refractivity contribution in [3.8, 4) is 0 Å². The second-order valence-electron chi connectivity index (χ2n) is 3.57. The Bertz CT molecular complexity index is 404. The van der Waals surface area contributed by atoms with Gasteiger partial charge in [0, 0.05) is 18.0 Å². The zero-order valence-corrected chi connectivity index (χ0v) is 10.1. The fraction of sp³-hybridized carbons (Fsp3) is 0.300. The van der Waals surface area contributed by atoms with Crippen molar-refractivity contribution >= 4 is 35.2 Å². The van der Waals surface area contributed by atoms with Crippen LogP contribution in [0.15, 0.2) is 27.5 Å². The highest BCUT2D eigenvalue weighted by molar-refractivity contribution is 7.98. The minimum absolute atomic E-state index is 0.348. The van der Waals surface area contributed by atoms with Gasteiger partial charge < -0.3 is 10.6 Å². The lowest BCUT2D eigenvalue weighted by Gasteiger charge is -2.20. The van der Waals surface area contributed by atoms with Crippen LogP contribution in [0.3, 0.4) is 0 Å². The van der Waals surface area contributed by atoms with Crippen molar-refractivity contribution in [2.45, 2.75) is 24.8 Å². The zero-order chi connectivity index (χ0) is 10.8. The number of nitrogens with one attached hydrogen (secondary N) is 2. The molecule has 0 fully saturated rings. The molecule has 1 aliphatic rings. The first-order valence-electron chi connectivity index (χ1n) is 4.74. The fourth-order valence-electron chi connectivity index (χ4n) is 1.27. The van der Waals surface area contributed by atoms with E-state index in [0.717, 1.165) is 21.6 Å². The molecular formula is C10H12ClN3S. The van der Waals surface area contributed by atoms with Gasteiger partial charge in [-0.25, -0.2) is 0 Å². The molecule has 1 heterocycles. The molecule has 0 saturated carbocycles. The standard InChI is InChI=1S/C10H12ClN3S/c1-6(2)12-10-13-9-7(11)4-3-5-8(9)15-14-10/h3-6H,1-2H3,(H2,12,13,14). The number of guanidine groups is 1. The van der Waals surface area contributed by atoms with E-state index in [1.54, 1.807) is 0 Å². The van der Waals surface area contributed by atoms with Crippen LogP contribution >= 0.6 is 23.5 Å². The molecule has 0 radical (unpaired) electrons. The largest absolute Gasteiger partial charge is 0.353 e. The van der Waals surface area contributed by atoms with E-state index in [9.17, 15) is 0 Å². The van der Waals surface area contributed by atoms with Gasteiger partial charge in [0.05, 0.1) is 15.6 Å². The lowest BCUT2D eigenvalue weighted by atomic mass is 10.3. The third kappa shape index (κ3) is 2.38. The molecule has 3 nitrogen and oxygen atoms in total. The van der Waals surface area contributed by atoms with Crippen molar-refractivity contribution in [1.29, 1.82) is 0 Å². The number of anilines is 1. The third-order valence-electron chi connectivity index (χ3n) is 1.88. The Morgan fingerprint density at radius 2 is 2.27 bits per heavy atom. The number of hydrogen-bond donors (Lipinski definition) is 2. The van der Waals surface area contributed by atoms with Gasteiger partial charge in [-0.2, -0.15) is 4.40 Å². The predicted octanol–water partition coefficient (Wildman–Crippen LogP) is 3.13. The molecule has 0 bridgehead atoms. The molecule has 0 spiro atoms. The SMILES string of the molecule is CC(C)NC1=NSc2cccc(Cl)c2N1. The second-order valence-corrected chi connectivity index (χ2v) is 4.78. The minimum atomic E-state index is 0.348. The van der Waals surface area contributed by atoms with E-state index >= 15 is 0 Å². The van der Waals surface area contributed by atoms with Gasteiger partial charge >= 0.3 is 0 Å². The van der Waals surface area contributed by atoms with Crippen LogP contribution in [0.5, 0.6) is 0 Å². The molecule has 1 aliphatic heterocycles. The maximum absolute atomic E-state index is 6.09. The highest BCUT2D eigenvalue weighted by atomic mass is 35.5. The number of para-hydroxylation sites is 1. The summed E-state index contributed by atoms with van der Waals surface area (Å²) in [5, 5.41) is 7.11. The van der Waals surface area contributed by atoms with E-state index < -0.39 is 0 Å². The first kappa shape index (κ1) is 10.6. The van der Waals surface area contributed by atoms with Crippen LogP contribution < -0.4 is 10.6 Å². The van der Waals surface area contributed by atoms with Crippen LogP contribution in [-0.4, -0.2) is 12.0 Å². The van der Waals surface area contributed by atoms with E-state index in [-0.39, 0.29) is 0 Å². The van der Waals surface area contributed by atoms with Crippen LogP contribution in [0.25, 0.3) is 0 Å². The van der Waals surface area contributed by atoms with Crippen molar-refractivity contribution in [2.24, 2.45) is 4.40 Å². The van der Waals surface area contributed by atoms with Crippen LogP contribution in [0.2, 0.25) is 5.02 Å². The zero-order valence-electron chi connectivity index (χ0n) is 8.54. The fourth-order valence-corrected chi connectivity index (χ4v) is 2.23. The summed E-state index contributed by atoms with van der Waals surface area (Å²) in [7, 11) is 0. The number of halogens is 1. The molecule has 2 N–H and O–H groups in total. The Balaban J connectivity index is 2.21. The predicted molar refractivity (Wildman–Crippen MR) is 66.6 cm³/mol. The molecule has 5 heteroatoms. The Morgan fingerprint density at radius 3 is 3.00 bits per heavy atom. The van der Waals surface area contributed by atoms with Crippen molar-refractivity contribution in [3.05, 3.63) is 23.2 Å². The molecule has 1 aromatic carbocycles. The smallest absolute Gasteiger partial charge is 0.208 e. The molecule has 0 aliphatic carbocycles. The maximum atomic E-state index is 6.09. The van der Waals surface area contributed by atoms with Crippen LogP contribution in [-0.2, 0) is 0 Å². The molecular weight excluding hydrogens is 230 g/mol. The molecule has 15 heavy (non-hydrogen) atoms. The second kappa shape index (κ2) is 4.33. The quantitative estimate of drug-likeness (QED) is 0.742. The van der Waals surface area contributed by atoms with Gasteiger partial charge in [-0.15, -0.1) is 0 Å². The minimum Gasteiger partial charge on any atom is -0.353 e. The van der Waals surface area contributed by atoms with Crippen molar-refractivity contribution < 1.29 is 0 Å². The Labute approximate surface area is 98.4 Å². The summed E-state index contributed by atoms with van der Waals surface area (Å²) >= 11 is 7.52. The molecule has 0 unspecified atom stereocenters. The van der Waals surface area contributed by atoms with Crippen LogP contribution in [0.1, 0.15) is 13.8 Å². The molecule has 0 saturated heterocycles. The average molecular weight is 242 g/mol. The normalized spacial score (nSPS) is 14.3. The summed E-state index contributed by atoms with van der Waals surface area (Å²) in [6, 6.07) is 6.13. The Kier molecular flexibility index (Phi) is 3.07. The van der Waals surface area contributed by atoms with Crippen LogP contribution in [0.4, 0.5) is 5.69 Å². The molecule has 1 aromatic rings. The highest BCUT2D eigenvalue weighted by Crippen LogP contribution is 2.36. The van der Waals surface area contributed by atoms with Gasteiger partial charge in [-0.05, 0) is 26.0 Å². The van der Waals surface area contributed by atoms with E-state index in [0.29, 0.717) is 6.04 Å². The van der Waals surface area contributed by atoms with Gasteiger partial charge in [-0.3, -0.25) is 0 Å². The summed E-state index contributed by atoms with van der Waals surface area (Å²) < 4.78 is 4.30. The third-order valence-corrected chi connectivity index (χ3v) is 3.01. The highest BCUT2D eigenvalue weighted by Gasteiger charge is 2.15. The summed E-state index contributed by atoms with van der Waals surface area (Å²) in [4.78, 5) is 1.05. The number of fused-ring (bicyclic) bond motifs is 1. The van der Waals surface area contributed by atoms with E-state index in [1.807, 2.05) is 18.2 Å². The number of hydrogen-bond acceptors (Lipinski definition) is 4. The molecule has 0 aromatic heterocycles. The van der Waals surface area contributed by atoms with Gasteiger partial charge in [0.1, 0.15) is 0 Å². The lowest BCUT2D eigenvalue weighted by Crippen LogP contribution is -2.36. The first-order valence-corrected chi connectivity index (χ1v) is 5.89. The summed E-state index contributed by atoms with van der Waals surface area (Å²) in [6.45, 7) is 4.13. The Hall–Kier alpha value is -0.870. The van der Waals surface area contributed by atoms with Gasteiger partial charge in [-0.1, -0.05) is 17.7 Å². The van der Waals surface area contributed by atoms with Crippen LogP contribution in [0, 0.1) is 0 Å². The van der Waals surface area contributed by atoms with Gasteiger partial charge in [0.2, 0.25) is 5.96 Å². The average Bonchev–Trinajstić information content (AvgIpc) is 2.18. The molecule has 0 atom stereocenters. The monoisotopic (exact) mass is 241 g/mol. The number of nitrogens with zero attached hydrogens (tertiary/aromatic N) is 1. The summed E-state index contributed by atoms with van der Waals surface area (Å²) in [5.74, 6) is 0.760. The lowest BCUT2D eigenvalue weighted by molar-refractivity contribution is 0.732. The molecule has 80 valence electrons. The molecule has 2 rings (SSSR count). The number of rotatable bonds is 1. The summed E-state index contributed by atoms with van der Waals surface area (Å²) in [5.41, 5.74) is 0.933. The Morgan fingerprint density at radius 1 is 1.47 bits per heavy atom. The van der Waals surface area contributed by atoms with E-state index in [2.05, 4.69) is 28.9 Å². The first-order chi connectivity index (χ1) is 7.16. The van der Waals surface area contributed by atoms with Gasteiger partial charge in [0.25, 0.3) is 0 Å². The van der Waals surface area contributed by atoms with E-state index in [1.165, 1.54) is 11.9 Å². The van der Waals surface area contributed by atoms with Crippen molar-refractivity contribution in [1.82, 2.24) is 5.32 Å². The summed E-state index contributed by atoms with van der Waals surface area (Å²) in [6.07, 6.45) is 0. The topological polar surface area (TPSA) is 36.4 Å². The van der Waals surface area contributed by atoms with E-state index in [4.69, 9.17) is 11.6 Å².